The average molecular weight is 303 g/mol. The molecule has 1 aromatic carbocycles. The summed E-state index contributed by atoms with van der Waals surface area (Å²) in [6, 6.07) is 3.84. The van der Waals surface area contributed by atoms with Crippen molar-refractivity contribution in [1.29, 1.82) is 0 Å². The van der Waals surface area contributed by atoms with Gasteiger partial charge in [0.15, 0.2) is 0 Å². The van der Waals surface area contributed by atoms with Crippen LogP contribution in [0, 0.1) is 19.8 Å². The predicted molar refractivity (Wildman–Crippen MR) is 77.2 cm³/mol. The molecule has 0 heterocycles. The van der Waals surface area contributed by atoms with E-state index in [-0.39, 0.29) is 5.75 Å². The van der Waals surface area contributed by atoms with Crippen LogP contribution in [0.1, 0.15) is 36.0 Å². The number of benzene rings is 1. The zero-order valence-electron chi connectivity index (χ0n) is 11.3. The fourth-order valence-corrected chi connectivity index (χ4v) is 3.34. The quantitative estimate of drug-likeness (QED) is 0.781. The first-order valence-corrected chi connectivity index (χ1v) is 8.98. The van der Waals surface area contributed by atoms with Gasteiger partial charge in [-0.3, -0.25) is 0 Å². The first kappa shape index (κ1) is 14.7. The number of rotatable bonds is 5. The van der Waals surface area contributed by atoms with Crippen molar-refractivity contribution in [3.05, 3.63) is 28.8 Å². The lowest BCUT2D eigenvalue weighted by Crippen LogP contribution is -2.20. The van der Waals surface area contributed by atoms with E-state index >= 15 is 0 Å². The molecule has 0 spiro atoms. The molecule has 2 rings (SSSR count). The zero-order chi connectivity index (χ0) is 14.0. The minimum absolute atomic E-state index is 0.183. The van der Waals surface area contributed by atoms with E-state index < -0.39 is 9.05 Å². The van der Waals surface area contributed by atoms with Gasteiger partial charge in [-0.2, -0.15) is 0 Å². The molecule has 5 heteroatoms. The van der Waals surface area contributed by atoms with Crippen molar-refractivity contribution in [2.75, 3.05) is 6.61 Å². The van der Waals surface area contributed by atoms with Gasteiger partial charge < -0.3 is 4.74 Å². The lowest BCUT2D eigenvalue weighted by molar-refractivity contribution is 0.179. The summed E-state index contributed by atoms with van der Waals surface area (Å²) in [7, 11) is 1.79. The maximum atomic E-state index is 11.3. The zero-order valence-corrected chi connectivity index (χ0v) is 12.9. The van der Waals surface area contributed by atoms with Crippen LogP contribution in [0.4, 0.5) is 0 Å². The van der Waals surface area contributed by atoms with Gasteiger partial charge in [0.1, 0.15) is 5.75 Å². The standard InChI is InChI=1S/C14H19ClO3S/c1-10-6-11(2)14(18-8-12-4-3-5-12)13(7-10)9-19(15,16)17/h6-7,12H,3-5,8-9H2,1-2H3. The van der Waals surface area contributed by atoms with Gasteiger partial charge >= 0.3 is 0 Å². The number of hydrogen-bond acceptors (Lipinski definition) is 3. The summed E-state index contributed by atoms with van der Waals surface area (Å²) in [5, 5.41) is 0. The highest BCUT2D eigenvalue weighted by molar-refractivity contribution is 8.13. The Morgan fingerprint density at radius 3 is 2.53 bits per heavy atom. The van der Waals surface area contributed by atoms with Gasteiger partial charge in [-0.25, -0.2) is 8.42 Å². The molecule has 0 aliphatic heterocycles. The molecule has 19 heavy (non-hydrogen) atoms. The van der Waals surface area contributed by atoms with E-state index in [0.717, 1.165) is 11.1 Å². The topological polar surface area (TPSA) is 43.4 Å². The molecule has 0 atom stereocenters. The molecule has 0 bridgehead atoms. The second-order valence-corrected chi connectivity index (χ2v) is 8.14. The molecule has 106 valence electrons. The van der Waals surface area contributed by atoms with Crippen molar-refractivity contribution in [3.63, 3.8) is 0 Å². The second-order valence-electron chi connectivity index (χ2n) is 5.36. The van der Waals surface area contributed by atoms with Gasteiger partial charge in [-0.15, -0.1) is 0 Å². The van der Waals surface area contributed by atoms with Gasteiger partial charge in [-0.05, 0) is 38.2 Å². The number of ether oxygens (including phenoxy) is 1. The van der Waals surface area contributed by atoms with E-state index in [1.165, 1.54) is 19.3 Å². The van der Waals surface area contributed by atoms with Gasteiger partial charge in [0.25, 0.3) is 0 Å². The highest BCUT2D eigenvalue weighted by Gasteiger charge is 2.20. The lowest BCUT2D eigenvalue weighted by Gasteiger charge is -2.26. The monoisotopic (exact) mass is 302 g/mol. The third kappa shape index (κ3) is 4.11. The van der Waals surface area contributed by atoms with E-state index in [4.69, 9.17) is 15.4 Å². The smallest absolute Gasteiger partial charge is 0.236 e. The van der Waals surface area contributed by atoms with Crippen LogP contribution in [0.15, 0.2) is 12.1 Å². The van der Waals surface area contributed by atoms with Crippen molar-refractivity contribution >= 4 is 19.7 Å². The summed E-state index contributed by atoms with van der Waals surface area (Å²) >= 11 is 0. The van der Waals surface area contributed by atoms with E-state index in [2.05, 4.69) is 0 Å². The Bertz CT molecular complexity index is 562. The largest absolute Gasteiger partial charge is 0.493 e. The molecule has 0 unspecified atom stereocenters. The van der Waals surface area contributed by atoms with Crippen LogP contribution in [0.25, 0.3) is 0 Å². The van der Waals surface area contributed by atoms with Crippen molar-refractivity contribution in [1.82, 2.24) is 0 Å². The second kappa shape index (κ2) is 5.71. The summed E-state index contributed by atoms with van der Waals surface area (Å²) in [6.45, 7) is 4.54. The van der Waals surface area contributed by atoms with E-state index in [0.29, 0.717) is 23.8 Å². The molecule has 0 aromatic heterocycles. The summed E-state index contributed by atoms with van der Waals surface area (Å²) in [5.41, 5.74) is 2.64. The van der Waals surface area contributed by atoms with E-state index in [1.54, 1.807) is 0 Å². The molecule has 1 aliphatic carbocycles. The van der Waals surface area contributed by atoms with Crippen LogP contribution < -0.4 is 4.74 Å². The first-order chi connectivity index (χ1) is 8.85. The minimum Gasteiger partial charge on any atom is -0.493 e. The van der Waals surface area contributed by atoms with Gasteiger partial charge in [-0.1, -0.05) is 24.1 Å². The third-order valence-corrected chi connectivity index (χ3v) is 4.50. The minimum atomic E-state index is -3.57. The predicted octanol–water partition coefficient (Wildman–Crippen LogP) is 3.55. The van der Waals surface area contributed by atoms with Crippen LogP contribution >= 0.6 is 10.7 Å². The molecular formula is C14H19ClO3S. The van der Waals surface area contributed by atoms with Gasteiger partial charge in [0.2, 0.25) is 9.05 Å². The highest BCUT2D eigenvalue weighted by Crippen LogP contribution is 2.31. The molecule has 0 N–H and O–H groups in total. The molecule has 0 saturated heterocycles. The number of hydrogen-bond donors (Lipinski definition) is 0. The maximum Gasteiger partial charge on any atom is 0.236 e. The summed E-state index contributed by atoms with van der Waals surface area (Å²) < 4.78 is 28.4. The first-order valence-electron chi connectivity index (χ1n) is 6.50. The Hall–Kier alpha value is -0.740. The van der Waals surface area contributed by atoms with Crippen LogP contribution in [0.3, 0.4) is 0 Å². The van der Waals surface area contributed by atoms with Crippen molar-refractivity contribution < 1.29 is 13.2 Å². The third-order valence-electron chi connectivity index (χ3n) is 3.51. The van der Waals surface area contributed by atoms with Crippen LogP contribution in [-0.4, -0.2) is 15.0 Å². The summed E-state index contributed by atoms with van der Waals surface area (Å²) in [6.07, 6.45) is 3.67. The van der Waals surface area contributed by atoms with Crippen LogP contribution in [0.5, 0.6) is 5.75 Å². The van der Waals surface area contributed by atoms with Crippen molar-refractivity contribution in [3.8, 4) is 5.75 Å². The molecule has 1 aliphatic rings. The Morgan fingerprint density at radius 2 is 2.00 bits per heavy atom. The van der Waals surface area contributed by atoms with Crippen molar-refractivity contribution in [2.24, 2.45) is 5.92 Å². The Kier molecular flexibility index (Phi) is 4.41. The number of halogens is 1. The van der Waals surface area contributed by atoms with Crippen LogP contribution in [-0.2, 0) is 14.8 Å². The molecule has 0 amide bonds. The molecule has 1 aromatic rings. The fraction of sp³-hybridized carbons (Fsp3) is 0.571. The Balaban J connectivity index is 2.22. The van der Waals surface area contributed by atoms with E-state index in [9.17, 15) is 8.42 Å². The average Bonchev–Trinajstić information content (AvgIpc) is 2.16. The molecular weight excluding hydrogens is 284 g/mol. The van der Waals surface area contributed by atoms with Gasteiger partial charge in [0, 0.05) is 16.2 Å². The molecule has 0 radical (unpaired) electrons. The van der Waals surface area contributed by atoms with Gasteiger partial charge in [0.05, 0.1) is 12.4 Å². The Morgan fingerprint density at radius 1 is 1.32 bits per heavy atom. The van der Waals surface area contributed by atoms with Crippen LogP contribution in [0.2, 0.25) is 0 Å². The summed E-state index contributed by atoms with van der Waals surface area (Å²) in [5.74, 6) is 1.11. The fourth-order valence-electron chi connectivity index (χ4n) is 2.40. The summed E-state index contributed by atoms with van der Waals surface area (Å²) in [4.78, 5) is 0. The SMILES string of the molecule is Cc1cc(C)c(OCC2CCC2)c(CS(=O)(=O)Cl)c1. The maximum absolute atomic E-state index is 11.3. The molecule has 3 nitrogen and oxygen atoms in total. The normalized spacial score (nSPS) is 16.2. The highest BCUT2D eigenvalue weighted by atomic mass is 35.7. The van der Waals surface area contributed by atoms with E-state index in [1.807, 2.05) is 26.0 Å². The number of aryl methyl sites for hydroxylation is 2. The molecule has 1 saturated carbocycles. The molecule has 1 fully saturated rings. The lowest BCUT2D eigenvalue weighted by atomic mass is 9.86. The Labute approximate surface area is 119 Å². The van der Waals surface area contributed by atoms with Crippen molar-refractivity contribution in [2.45, 2.75) is 38.9 Å².